The Morgan fingerprint density at radius 1 is 1.17 bits per heavy atom. The molecule has 10 nitrogen and oxygen atoms in total. The minimum atomic E-state index is -3.80. The number of nitrogens with zero attached hydrogens (tertiary/aromatic N) is 5. The van der Waals surface area contributed by atoms with E-state index in [-0.39, 0.29) is 29.4 Å². The van der Waals surface area contributed by atoms with Gasteiger partial charge in [0.15, 0.2) is 0 Å². The molecule has 0 atom stereocenters. The smallest absolute Gasteiger partial charge is 0.294 e. The molecule has 122 valence electrons. The molecular weight excluding hydrogens is 326 g/mol. The summed E-state index contributed by atoms with van der Waals surface area (Å²) in [4.78, 5) is 10.5. The highest BCUT2D eigenvalue weighted by molar-refractivity contribution is 7.89. The van der Waals surface area contributed by atoms with Gasteiger partial charge in [0.2, 0.25) is 10.0 Å². The molecule has 0 aliphatic carbocycles. The van der Waals surface area contributed by atoms with Crippen LogP contribution in [-0.2, 0) is 14.8 Å². The van der Waals surface area contributed by atoms with E-state index in [0.29, 0.717) is 13.2 Å². The summed E-state index contributed by atoms with van der Waals surface area (Å²) >= 11 is 0. The first-order chi connectivity index (χ1) is 11.0. The Morgan fingerprint density at radius 3 is 2.43 bits per heavy atom. The van der Waals surface area contributed by atoms with Crippen LogP contribution in [0.5, 0.6) is 0 Å². The van der Waals surface area contributed by atoms with Crippen LogP contribution >= 0.6 is 0 Å². The van der Waals surface area contributed by atoms with Crippen LogP contribution < -0.4 is 0 Å². The lowest BCUT2D eigenvalue weighted by atomic mass is 10.2. The minimum Gasteiger partial charge on any atom is -0.379 e. The van der Waals surface area contributed by atoms with Gasteiger partial charge in [-0.3, -0.25) is 14.7 Å². The summed E-state index contributed by atoms with van der Waals surface area (Å²) in [5.41, 5.74) is -0.139. The van der Waals surface area contributed by atoms with Gasteiger partial charge in [-0.25, -0.2) is 8.42 Å². The normalized spacial score (nSPS) is 16.3. The van der Waals surface area contributed by atoms with E-state index in [1.807, 2.05) is 0 Å². The number of benzene rings is 1. The number of hydrogen-bond donors (Lipinski definition) is 0. The molecule has 0 spiro atoms. The third-order valence-corrected chi connectivity index (χ3v) is 5.34. The maximum Gasteiger partial charge on any atom is 0.294 e. The highest BCUT2D eigenvalue weighted by Gasteiger charge is 2.29. The second kappa shape index (κ2) is 6.02. The summed E-state index contributed by atoms with van der Waals surface area (Å²) in [6, 6.07) is 3.77. The molecule has 0 bridgehead atoms. The Labute approximate surface area is 131 Å². The lowest BCUT2D eigenvalue weighted by Gasteiger charge is -2.26. The van der Waals surface area contributed by atoms with Gasteiger partial charge < -0.3 is 4.74 Å². The van der Waals surface area contributed by atoms with Crippen LogP contribution in [0.3, 0.4) is 0 Å². The Bertz CT molecular complexity index is 814. The number of sulfonamides is 1. The van der Waals surface area contributed by atoms with E-state index >= 15 is 0 Å². The van der Waals surface area contributed by atoms with E-state index in [9.17, 15) is 18.5 Å². The molecule has 0 N–H and O–H groups in total. The van der Waals surface area contributed by atoms with Gasteiger partial charge in [0.05, 0.1) is 23.0 Å². The molecule has 23 heavy (non-hydrogen) atoms. The molecule has 1 aromatic carbocycles. The molecule has 11 heteroatoms. The van der Waals surface area contributed by atoms with Crippen LogP contribution in [-0.4, -0.2) is 58.7 Å². The first-order valence-corrected chi connectivity index (χ1v) is 8.15. The number of nitro groups is 1. The summed E-state index contributed by atoms with van der Waals surface area (Å²) < 4.78 is 32.9. The van der Waals surface area contributed by atoms with Crippen molar-refractivity contribution in [1.82, 2.24) is 19.1 Å². The zero-order valence-corrected chi connectivity index (χ0v) is 12.7. The predicted molar refractivity (Wildman–Crippen MR) is 77.6 cm³/mol. The van der Waals surface area contributed by atoms with Crippen molar-refractivity contribution in [2.75, 3.05) is 26.3 Å². The molecular formula is C12H13N5O5S. The zero-order chi connectivity index (χ0) is 16.4. The average Bonchev–Trinajstić information content (AvgIpc) is 3.09. The standard InChI is InChI=1S/C12H13N5O5S/c18-17(19)12-7-10(1-2-11(12)15-8-13-14-9-15)23(20,21)16-3-5-22-6-4-16/h1-2,7-9H,3-6H2. The molecule has 1 saturated heterocycles. The summed E-state index contributed by atoms with van der Waals surface area (Å²) in [6.45, 7) is 1.06. The lowest BCUT2D eigenvalue weighted by molar-refractivity contribution is -0.384. The van der Waals surface area contributed by atoms with E-state index in [2.05, 4.69) is 10.2 Å². The van der Waals surface area contributed by atoms with Crippen molar-refractivity contribution in [3.05, 3.63) is 41.0 Å². The molecule has 0 saturated carbocycles. The Kier molecular flexibility index (Phi) is 4.07. The van der Waals surface area contributed by atoms with E-state index in [1.54, 1.807) is 0 Å². The van der Waals surface area contributed by atoms with Crippen LogP contribution in [0.1, 0.15) is 0 Å². The molecule has 1 aromatic heterocycles. The maximum absolute atomic E-state index is 12.6. The van der Waals surface area contributed by atoms with Crippen molar-refractivity contribution in [3.8, 4) is 5.69 Å². The number of aromatic nitrogens is 3. The monoisotopic (exact) mass is 339 g/mol. The van der Waals surface area contributed by atoms with Crippen LogP contribution in [0, 0.1) is 10.1 Å². The van der Waals surface area contributed by atoms with Crippen molar-refractivity contribution in [2.24, 2.45) is 0 Å². The van der Waals surface area contributed by atoms with Crippen LogP contribution in [0.2, 0.25) is 0 Å². The topological polar surface area (TPSA) is 120 Å². The number of morpholine rings is 1. The van der Waals surface area contributed by atoms with Gasteiger partial charge >= 0.3 is 0 Å². The Balaban J connectivity index is 2.04. The molecule has 3 rings (SSSR count). The second-order valence-corrected chi connectivity index (χ2v) is 6.73. The van der Waals surface area contributed by atoms with Gasteiger partial charge in [0.1, 0.15) is 18.3 Å². The van der Waals surface area contributed by atoms with E-state index in [4.69, 9.17) is 4.74 Å². The molecule has 1 aliphatic heterocycles. The van der Waals surface area contributed by atoms with Gasteiger partial charge in [-0.05, 0) is 12.1 Å². The summed E-state index contributed by atoms with van der Waals surface area (Å²) in [5.74, 6) is 0. The Morgan fingerprint density at radius 2 is 1.83 bits per heavy atom. The first kappa shape index (κ1) is 15.5. The fourth-order valence-electron chi connectivity index (χ4n) is 2.29. The summed E-state index contributed by atoms with van der Waals surface area (Å²) in [6.07, 6.45) is 2.61. The fourth-order valence-corrected chi connectivity index (χ4v) is 3.72. The average molecular weight is 339 g/mol. The maximum atomic E-state index is 12.6. The van der Waals surface area contributed by atoms with Crippen molar-refractivity contribution in [1.29, 1.82) is 0 Å². The quantitative estimate of drug-likeness (QED) is 0.576. The zero-order valence-electron chi connectivity index (χ0n) is 11.9. The SMILES string of the molecule is O=[N+]([O-])c1cc(S(=O)(=O)N2CCOCC2)ccc1-n1cnnc1. The third-order valence-electron chi connectivity index (χ3n) is 3.45. The van der Waals surface area contributed by atoms with Crippen LogP contribution in [0.15, 0.2) is 35.7 Å². The highest BCUT2D eigenvalue weighted by atomic mass is 32.2. The second-order valence-electron chi connectivity index (χ2n) is 4.79. The van der Waals surface area contributed by atoms with Gasteiger partial charge in [0.25, 0.3) is 5.69 Å². The van der Waals surface area contributed by atoms with Gasteiger partial charge in [-0.2, -0.15) is 4.31 Å². The Hall–Kier alpha value is -2.37. The summed E-state index contributed by atoms with van der Waals surface area (Å²) in [7, 11) is -3.80. The molecule has 0 radical (unpaired) electrons. The number of hydrogen-bond acceptors (Lipinski definition) is 7. The van der Waals surface area contributed by atoms with Crippen molar-refractivity contribution in [2.45, 2.75) is 4.90 Å². The number of nitro benzene ring substituents is 1. The summed E-state index contributed by atoms with van der Waals surface area (Å²) in [5, 5.41) is 18.5. The van der Waals surface area contributed by atoms with Crippen molar-refractivity contribution < 1.29 is 18.1 Å². The van der Waals surface area contributed by atoms with Crippen LogP contribution in [0.25, 0.3) is 5.69 Å². The van der Waals surface area contributed by atoms with Gasteiger partial charge in [0, 0.05) is 19.2 Å². The van der Waals surface area contributed by atoms with E-state index < -0.39 is 14.9 Å². The first-order valence-electron chi connectivity index (χ1n) is 6.71. The predicted octanol–water partition coefficient (Wildman–Crippen LogP) is 0.196. The van der Waals surface area contributed by atoms with Crippen molar-refractivity contribution >= 4 is 15.7 Å². The third kappa shape index (κ3) is 2.93. The highest BCUT2D eigenvalue weighted by Crippen LogP contribution is 2.27. The molecule has 0 amide bonds. The molecule has 1 fully saturated rings. The van der Waals surface area contributed by atoms with Crippen LogP contribution in [0.4, 0.5) is 5.69 Å². The number of ether oxygens (including phenoxy) is 1. The van der Waals surface area contributed by atoms with Crippen molar-refractivity contribution in [3.63, 3.8) is 0 Å². The molecule has 2 aromatic rings. The minimum absolute atomic E-state index is 0.122. The molecule has 0 unspecified atom stereocenters. The molecule has 1 aliphatic rings. The fraction of sp³-hybridized carbons (Fsp3) is 0.333. The van der Waals surface area contributed by atoms with Gasteiger partial charge in [-0.15, -0.1) is 10.2 Å². The lowest BCUT2D eigenvalue weighted by Crippen LogP contribution is -2.40. The molecule has 2 heterocycles. The van der Waals surface area contributed by atoms with E-state index in [1.165, 1.54) is 33.7 Å². The number of rotatable bonds is 4. The van der Waals surface area contributed by atoms with E-state index in [0.717, 1.165) is 6.07 Å². The largest absolute Gasteiger partial charge is 0.379 e. The van der Waals surface area contributed by atoms with Gasteiger partial charge in [-0.1, -0.05) is 0 Å².